The first kappa shape index (κ1) is 11.5. The molecule has 1 aliphatic carbocycles. The van der Waals surface area contributed by atoms with Gasteiger partial charge < -0.3 is 10.7 Å². The highest BCUT2D eigenvalue weighted by Crippen LogP contribution is 2.33. The van der Waals surface area contributed by atoms with Gasteiger partial charge in [-0.3, -0.25) is 4.79 Å². The number of amides is 1. The van der Waals surface area contributed by atoms with Crippen molar-refractivity contribution in [1.29, 1.82) is 0 Å². The number of benzene rings is 1. The predicted octanol–water partition coefficient (Wildman–Crippen LogP) is 2.55. The zero-order chi connectivity index (χ0) is 12.9. The van der Waals surface area contributed by atoms with Crippen LogP contribution in [0.15, 0.2) is 12.1 Å². The number of carbonyl (C=O) groups excluding carboxylic acids is 1. The van der Waals surface area contributed by atoms with Crippen molar-refractivity contribution in [2.24, 2.45) is 11.7 Å². The first-order valence-electron chi connectivity index (χ1n) is 5.84. The van der Waals surface area contributed by atoms with Gasteiger partial charge in [-0.2, -0.15) is 0 Å². The zero-order valence-electron chi connectivity index (χ0n) is 9.59. The first-order valence-corrected chi connectivity index (χ1v) is 6.22. The molecule has 1 aromatic carbocycles. The van der Waals surface area contributed by atoms with Crippen molar-refractivity contribution in [3.63, 3.8) is 0 Å². The van der Waals surface area contributed by atoms with Crippen LogP contribution >= 0.6 is 11.6 Å². The summed E-state index contributed by atoms with van der Waals surface area (Å²) in [6.07, 6.45) is 2.08. The molecule has 18 heavy (non-hydrogen) atoms. The fourth-order valence-corrected chi connectivity index (χ4v) is 2.82. The molecule has 3 rings (SSSR count). The zero-order valence-corrected chi connectivity index (χ0v) is 10.4. The lowest BCUT2D eigenvalue weighted by atomic mass is 9.86. The van der Waals surface area contributed by atoms with E-state index in [2.05, 4.69) is 4.98 Å². The van der Waals surface area contributed by atoms with Gasteiger partial charge in [-0.1, -0.05) is 11.6 Å². The summed E-state index contributed by atoms with van der Waals surface area (Å²) < 4.78 is 13.5. The second kappa shape index (κ2) is 3.99. The maximum atomic E-state index is 13.5. The molecule has 1 aromatic heterocycles. The van der Waals surface area contributed by atoms with Crippen LogP contribution in [0.3, 0.4) is 0 Å². The molecule has 1 heterocycles. The largest absolute Gasteiger partial charge is 0.369 e. The lowest BCUT2D eigenvalue weighted by Gasteiger charge is -2.19. The molecule has 1 atom stereocenters. The van der Waals surface area contributed by atoms with Crippen LogP contribution in [-0.2, 0) is 17.6 Å². The Morgan fingerprint density at radius 1 is 1.50 bits per heavy atom. The summed E-state index contributed by atoms with van der Waals surface area (Å²) in [4.78, 5) is 14.5. The van der Waals surface area contributed by atoms with E-state index in [-0.39, 0.29) is 16.8 Å². The molecule has 0 bridgehead atoms. The molecule has 0 fully saturated rings. The summed E-state index contributed by atoms with van der Waals surface area (Å²) in [5.41, 5.74) is 8.22. The summed E-state index contributed by atoms with van der Waals surface area (Å²) in [6.45, 7) is 0. The molecule has 3 nitrogen and oxygen atoms in total. The number of H-pyrrole nitrogens is 1. The van der Waals surface area contributed by atoms with E-state index >= 15 is 0 Å². The van der Waals surface area contributed by atoms with Crippen LogP contribution in [0.2, 0.25) is 5.02 Å². The molecule has 5 heteroatoms. The standard InChI is InChI=1S/C13H12ClFN2O/c14-9-5-12-8(4-10(9)15)7-3-6(13(16)18)1-2-11(7)17-12/h4-6,17H,1-3H2,(H2,16,18). The SMILES string of the molecule is NC(=O)C1CCc2[nH]c3cc(Cl)c(F)cc3c2C1. The second-order valence-electron chi connectivity index (χ2n) is 4.74. The van der Waals surface area contributed by atoms with Crippen molar-refractivity contribution in [2.45, 2.75) is 19.3 Å². The maximum absolute atomic E-state index is 13.5. The third-order valence-electron chi connectivity index (χ3n) is 3.63. The minimum atomic E-state index is -0.438. The Bertz CT molecular complexity index is 650. The number of halogens is 2. The van der Waals surface area contributed by atoms with Crippen molar-refractivity contribution < 1.29 is 9.18 Å². The molecule has 94 valence electrons. The Morgan fingerprint density at radius 3 is 3.00 bits per heavy atom. The second-order valence-corrected chi connectivity index (χ2v) is 5.14. The molecular weight excluding hydrogens is 255 g/mol. The van der Waals surface area contributed by atoms with Gasteiger partial charge in [0.2, 0.25) is 5.91 Å². The van der Waals surface area contributed by atoms with Crippen molar-refractivity contribution in [1.82, 2.24) is 4.98 Å². The number of aromatic nitrogens is 1. The Balaban J connectivity index is 2.15. The van der Waals surface area contributed by atoms with Crippen molar-refractivity contribution in [2.75, 3.05) is 0 Å². The smallest absolute Gasteiger partial charge is 0.220 e. The maximum Gasteiger partial charge on any atom is 0.220 e. The number of hydrogen-bond acceptors (Lipinski definition) is 1. The van der Waals surface area contributed by atoms with Crippen molar-refractivity contribution >= 4 is 28.4 Å². The highest BCUT2D eigenvalue weighted by Gasteiger charge is 2.26. The van der Waals surface area contributed by atoms with Gasteiger partial charge in [0.15, 0.2) is 0 Å². The van der Waals surface area contributed by atoms with Gasteiger partial charge in [0, 0.05) is 22.5 Å². The molecule has 1 amide bonds. The number of hydrogen-bond donors (Lipinski definition) is 2. The molecule has 1 aliphatic rings. The van der Waals surface area contributed by atoms with Gasteiger partial charge in [0.1, 0.15) is 5.82 Å². The molecule has 0 radical (unpaired) electrons. The van der Waals surface area contributed by atoms with Crippen LogP contribution in [0.25, 0.3) is 10.9 Å². The van der Waals surface area contributed by atoms with Crippen molar-refractivity contribution in [3.8, 4) is 0 Å². The molecule has 0 spiro atoms. The number of nitrogens with two attached hydrogens (primary N) is 1. The van der Waals surface area contributed by atoms with E-state index in [1.54, 1.807) is 6.07 Å². The molecule has 0 aliphatic heterocycles. The highest BCUT2D eigenvalue weighted by molar-refractivity contribution is 6.31. The van der Waals surface area contributed by atoms with Crippen LogP contribution in [0.4, 0.5) is 4.39 Å². The van der Waals surface area contributed by atoms with Gasteiger partial charge in [-0.05, 0) is 37.0 Å². The van der Waals surface area contributed by atoms with E-state index in [0.717, 1.165) is 35.0 Å². The quantitative estimate of drug-likeness (QED) is 0.819. The molecule has 0 saturated heterocycles. The summed E-state index contributed by atoms with van der Waals surface area (Å²) in [6, 6.07) is 3.01. The van der Waals surface area contributed by atoms with Crippen LogP contribution in [0.5, 0.6) is 0 Å². The number of fused-ring (bicyclic) bond motifs is 3. The van der Waals surface area contributed by atoms with Gasteiger partial charge >= 0.3 is 0 Å². The van der Waals surface area contributed by atoms with E-state index in [1.807, 2.05) is 0 Å². The van der Waals surface area contributed by atoms with E-state index in [9.17, 15) is 9.18 Å². The topological polar surface area (TPSA) is 58.9 Å². The summed E-state index contributed by atoms with van der Waals surface area (Å²) in [7, 11) is 0. The average Bonchev–Trinajstić information content (AvgIpc) is 2.66. The van der Waals surface area contributed by atoms with Crippen LogP contribution < -0.4 is 5.73 Å². The summed E-state index contributed by atoms with van der Waals surface area (Å²) in [5, 5.41) is 0.908. The minimum absolute atomic E-state index is 0.104. The number of primary amides is 1. The number of aromatic amines is 1. The van der Waals surface area contributed by atoms with Crippen molar-refractivity contribution in [3.05, 3.63) is 34.2 Å². The fraction of sp³-hybridized carbons (Fsp3) is 0.308. The number of carbonyl (C=O) groups is 1. The number of nitrogens with one attached hydrogen (secondary N) is 1. The molecular formula is C13H12ClFN2O. The Labute approximate surface area is 108 Å². The first-order chi connectivity index (χ1) is 8.56. The van der Waals surface area contributed by atoms with Gasteiger partial charge in [-0.25, -0.2) is 4.39 Å². The Kier molecular flexibility index (Phi) is 2.55. The number of rotatable bonds is 1. The molecule has 0 saturated carbocycles. The Morgan fingerprint density at radius 2 is 2.28 bits per heavy atom. The lowest BCUT2D eigenvalue weighted by molar-refractivity contribution is -0.122. The normalized spacial score (nSPS) is 18.9. The van der Waals surface area contributed by atoms with E-state index < -0.39 is 5.82 Å². The lowest BCUT2D eigenvalue weighted by Crippen LogP contribution is -2.28. The van der Waals surface area contributed by atoms with Crippen LogP contribution in [0, 0.1) is 11.7 Å². The van der Waals surface area contributed by atoms with Crippen LogP contribution in [0.1, 0.15) is 17.7 Å². The third-order valence-corrected chi connectivity index (χ3v) is 3.92. The van der Waals surface area contributed by atoms with Gasteiger partial charge in [0.05, 0.1) is 5.02 Å². The third kappa shape index (κ3) is 1.68. The van der Waals surface area contributed by atoms with E-state index in [1.165, 1.54) is 6.07 Å². The predicted molar refractivity (Wildman–Crippen MR) is 68.0 cm³/mol. The summed E-state index contributed by atoms with van der Waals surface area (Å²) >= 11 is 5.76. The van der Waals surface area contributed by atoms with E-state index in [4.69, 9.17) is 17.3 Å². The minimum Gasteiger partial charge on any atom is -0.369 e. The average molecular weight is 267 g/mol. The van der Waals surface area contributed by atoms with Crippen LogP contribution in [-0.4, -0.2) is 10.9 Å². The van der Waals surface area contributed by atoms with E-state index in [0.29, 0.717) is 6.42 Å². The monoisotopic (exact) mass is 266 g/mol. The highest BCUT2D eigenvalue weighted by atomic mass is 35.5. The fourth-order valence-electron chi connectivity index (χ4n) is 2.66. The summed E-state index contributed by atoms with van der Waals surface area (Å²) in [5.74, 6) is -0.883. The Hall–Kier alpha value is -1.55. The number of aryl methyl sites for hydroxylation is 1. The molecule has 1 unspecified atom stereocenters. The van der Waals surface area contributed by atoms with Gasteiger partial charge in [-0.15, -0.1) is 0 Å². The molecule has 2 aromatic rings. The van der Waals surface area contributed by atoms with Gasteiger partial charge in [0.25, 0.3) is 0 Å². The molecule has 3 N–H and O–H groups in total.